The number of likely N-dealkylation sites (N-methyl/N-ethyl adjacent to an activating group) is 1. The highest BCUT2D eigenvalue weighted by molar-refractivity contribution is 7.47. The number of unbranched alkanes of at least 4 members (excludes halogenated alkanes) is 13. The Hall–Kier alpha value is -3.62. The molecule has 0 aromatic rings. The van der Waals surface area contributed by atoms with Crippen LogP contribution < -0.4 is 5.32 Å². The second-order valence-corrected chi connectivity index (χ2v) is 20.7. The van der Waals surface area contributed by atoms with Gasteiger partial charge < -0.3 is 19.8 Å². The minimum absolute atomic E-state index is 0.0424. The lowest BCUT2D eigenvalue weighted by molar-refractivity contribution is -0.870. The lowest BCUT2D eigenvalue weighted by Crippen LogP contribution is -2.45. The van der Waals surface area contributed by atoms with Gasteiger partial charge >= 0.3 is 7.82 Å². The average Bonchev–Trinajstić information content (AvgIpc) is 3.33. The summed E-state index contributed by atoms with van der Waals surface area (Å²) < 4.78 is 23.6. The Morgan fingerprint density at radius 1 is 0.493 bits per heavy atom. The van der Waals surface area contributed by atoms with Gasteiger partial charge in [-0.3, -0.25) is 13.8 Å². The first kappa shape index (κ1) is 67.4. The molecule has 1 amide bonds. The molecule has 9 heteroatoms. The quantitative estimate of drug-likeness (QED) is 0.0243. The number of rotatable bonds is 48. The number of nitrogens with zero attached hydrogens (tertiary/aromatic N) is 1. The van der Waals surface area contributed by atoms with E-state index in [0.717, 1.165) is 116 Å². The first-order valence-corrected chi connectivity index (χ1v) is 29.2. The van der Waals surface area contributed by atoms with Gasteiger partial charge in [0, 0.05) is 6.42 Å². The van der Waals surface area contributed by atoms with Crippen LogP contribution in [0.2, 0.25) is 0 Å². The molecular formula is C62H104N2O6P+. The molecule has 0 aliphatic rings. The van der Waals surface area contributed by atoms with Crippen LogP contribution in [0.15, 0.2) is 146 Å². The summed E-state index contributed by atoms with van der Waals surface area (Å²) in [6.07, 6.45) is 79.5. The van der Waals surface area contributed by atoms with Gasteiger partial charge in [-0.05, 0) is 109 Å². The average molecular weight is 1000 g/mol. The maximum Gasteiger partial charge on any atom is 0.472 e. The van der Waals surface area contributed by atoms with Gasteiger partial charge in [-0.2, -0.15) is 0 Å². The van der Waals surface area contributed by atoms with Crippen molar-refractivity contribution >= 4 is 13.7 Å². The summed E-state index contributed by atoms with van der Waals surface area (Å²) in [7, 11) is 1.51. The van der Waals surface area contributed by atoms with Crippen molar-refractivity contribution in [3.8, 4) is 0 Å². The second-order valence-electron chi connectivity index (χ2n) is 19.2. The van der Waals surface area contributed by atoms with E-state index in [1.54, 1.807) is 6.08 Å². The smallest absolute Gasteiger partial charge is 0.387 e. The molecule has 0 bridgehead atoms. The van der Waals surface area contributed by atoms with E-state index < -0.39 is 20.0 Å². The minimum atomic E-state index is -4.37. The van der Waals surface area contributed by atoms with Crippen molar-refractivity contribution in [3.05, 3.63) is 146 Å². The fraction of sp³-hybridized carbons (Fsp3) is 0.597. The molecule has 0 saturated carbocycles. The van der Waals surface area contributed by atoms with Gasteiger partial charge in [0.05, 0.1) is 39.9 Å². The topological polar surface area (TPSA) is 105 Å². The van der Waals surface area contributed by atoms with E-state index in [4.69, 9.17) is 9.05 Å². The van der Waals surface area contributed by atoms with E-state index in [-0.39, 0.29) is 19.1 Å². The summed E-state index contributed by atoms with van der Waals surface area (Å²) in [5, 5.41) is 13.8. The maximum absolute atomic E-state index is 12.9. The SMILES string of the molecule is CC/C=C\C/C=C\C/C=C\C/C=C\C/C=C\C/C=C\C/C=C\C/C=C\C/C=C\C/C=C\CCCCCCC(=O)NC(COP(=O)(O)OCC[N+](C)(C)C)C(O)/C=C/CC/C=C/CCCCCCCCCC. The number of carbonyl (C=O) groups excluding carboxylic acids is 1. The molecule has 3 N–H and O–H groups in total. The van der Waals surface area contributed by atoms with E-state index in [1.807, 2.05) is 27.2 Å². The molecule has 3 atom stereocenters. The number of nitrogens with one attached hydrogen (secondary N) is 1. The monoisotopic (exact) mass is 1000 g/mol. The molecule has 0 saturated heterocycles. The molecule has 0 rings (SSSR count). The normalized spacial score (nSPS) is 15.1. The Morgan fingerprint density at radius 3 is 1.30 bits per heavy atom. The zero-order valence-corrected chi connectivity index (χ0v) is 46.5. The molecule has 0 fully saturated rings. The largest absolute Gasteiger partial charge is 0.472 e. The highest BCUT2D eigenvalue weighted by atomic mass is 31.2. The number of allylic oxidation sites excluding steroid dienone is 23. The first-order chi connectivity index (χ1) is 34.5. The summed E-state index contributed by atoms with van der Waals surface area (Å²) in [5.74, 6) is -0.219. The third-order valence-electron chi connectivity index (χ3n) is 11.3. The zero-order valence-electron chi connectivity index (χ0n) is 45.6. The number of hydrogen-bond acceptors (Lipinski definition) is 5. The van der Waals surface area contributed by atoms with E-state index in [9.17, 15) is 19.4 Å². The van der Waals surface area contributed by atoms with Gasteiger partial charge in [0.15, 0.2) is 0 Å². The molecule has 71 heavy (non-hydrogen) atoms. The molecule has 0 aromatic carbocycles. The lowest BCUT2D eigenvalue weighted by Gasteiger charge is -2.25. The van der Waals surface area contributed by atoms with Crippen LogP contribution in [0.4, 0.5) is 0 Å². The summed E-state index contributed by atoms with van der Waals surface area (Å²) in [6.45, 7) is 4.62. The number of hydrogen-bond donors (Lipinski definition) is 3. The molecular weight excluding hydrogens is 900 g/mol. The molecule has 402 valence electrons. The number of phosphoric ester groups is 1. The number of amides is 1. The highest BCUT2D eigenvalue weighted by Crippen LogP contribution is 2.43. The Balaban J connectivity index is 4.30. The molecule has 8 nitrogen and oxygen atoms in total. The Kier molecular flexibility index (Phi) is 48.7. The van der Waals surface area contributed by atoms with Crippen LogP contribution in [0.3, 0.4) is 0 Å². The van der Waals surface area contributed by atoms with Crippen molar-refractivity contribution < 1.29 is 32.9 Å². The Labute approximate surface area is 436 Å². The maximum atomic E-state index is 12.9. The van der Waals surface area contributed by atoms with Crippen LogP contribution in [0.5, 0.6) is 0 Å². The summed E-state index contributed by atoms with van der Waals surface area (Å²) in [6, 6.07) is -0.888. The van der Waals surface area contributed by atoms with Crippen molar-refractivity contribution in [1.29, 1.82) is 0 Å². The number of carbonyl (C=O) groups is 1. The molecule has 0 heterocycles. The van der Waals surface area contributed by atoms with E-state index >= 15 is 0 Å². The molecule has 0 aromatic heterocycles. The summed E-state index contributed by atoms with van der Waals surface area (Å²) in [5.41, 5.74) is 0. The molecule has 3 unspecified atom stereocenters. The van der Waals surface area contributed by atoms with Crippen LogP contribution >= 0.6 is 7.82 Å². The highest BCUT2D eigenvalue weighted by Gasteiger charge is 2.27. The van der Waals surface area contributed by atoms with Crippen LogP contribution in [0.1, 0.15) is 187 Å². The van der Waals surface area contributed by atoms with Crippen molar-refractivity contribution in [2.24, 2.45) is 0 Å². The third kappa shape index (κ3) is 54.0. The molecule has 0 radical (unpaired) electrons. The van der Waals surface area contributed by atoms with E-state index in [1.165, 1.54) is 51.4 Å². The second kappa shape index (κ2) is 51.3. The van der Waals surface area contributed by atoms with Gasteiger partial charge in [0.25, 0.3) is 0 Å². The fourth-order valence-electron chi connectivity index (χ4n) is 6.97. The predicted molar refractivity (Wildman–Crippen MR) is 308 cm³/mol. The third-order valence-corrected chi connectivity index (χ3v) is 12.3. The van der Waals surface area contributed by atoms with Gasteiger partial charge in [-0.25, -0.2) is 4.57 Å². The number of quaternary nitrogens is 1. The predicted octanol–water partition coefficient (Wildman–Crippen LogP) is 16.9. The van der Waals surface area contributed by atoms with Crippen LogP contribution in [-0.2, 0) is 18.4 Å². The molecule has 0 aliphatic heterocycles. The fourth-order valence-corrected chi connectivity index (χ4v) is 7.70. The van der Waals surface area contributed by atoms with Gasteiger partial charge in [-0.1, -0.05) is 217 Å². The van der Waals surface area contributed by atoms with Crippen LogP contribution in [0.25, 0.3) is 0 Å². The van der Waals surface area contributed by atoms with E-state index in [0.29, 0.717) is 17.4 Å². The lowest BCUT2D eigenvalue weighted by atomic mass is 10.1. The van der Waals surface area contributed by atoms with Gasteiger partial charge in [-0.15, -0.1) is 0 Å². The zero-order chi connectivity index (χ0) is 52.0. The standard InChI is InChI=1S/C62H103N2O6P/c1-6-8-10-12-14-16-18-20-22-23-24-25-26-27-28-29-30-31-32-33-34-35-36-37-38-39-40-41-42-44-46-48-50-52-54-56-62(66)63-60(59-70-71(67,68)69-58-57-64(3,4)5)61(65)55-53-51-49-47-45-43-21-19-17-15-13-11-9-7-2/h8,10,14,16,20,22,24-25,27-28,30-31,33-34,36-37,39-40,42,44-45,47,53,55,60-61,65H,6-7,9,11-13,15,17-19,21,23,26,29,32,35,38,41,43,46,48-52,54,56-59H2,1-5H3,(H-,63,66,67,68)/p+1/b10-8-,16-14-,22-20-,25-24-,28-27-,31-30-,34-33-,37-36-,40-39-,44-42-,47-45+,55-53+. The first-order valence-electron chi connectivity index (χ1n) is 27.7. The Bertz CT molecular complexity index is 1660. The molecule has 0 spiro atoms. The van der Waals surface area contributed by atoms with Crippen molar-refractivity contribution in [3.63, 3.8) is 0 Å². The van der Waals surface area contributed by atoms with Crippen LogP contribution in [-0.4, -0.2) is 73.4 Å². The van der Waals surface area contributed by atoms with Crippen molar-refractivity contribution in [2.45, 2.75) is 199 Å². The number of aliphatic hydroxyl groups excluding tert-OH is 1. The Morgan fingerprint density at radius 2 is 0.859 bits per heavy atom. The van der Waals surface area contributed by atoms with Crippen LogP contribution in [0, 0.1) is 0 Å². The number of aliphatic hydroxyl groups is 1. The van der Waals surface area contributed by atoms with E-state index in [2.05, 4.69) is 153 Å². The number of phosphoric acid groups is 1. The molecule has 0 aliphatic carbocycles. The van der Waals surface area contributed by atoms with Crippen molar-refractivity contribution in [2.75, 3.05) is 40.9 Å². The van der Waals surface area contributed by atoms with Gasteiger partial charge in [0.2, 0.25) is 5.91 Å². The minimum Gasteiger partial charge on any atom is -0.387 e. The summed E-state index contributed by atoms with van der Waals surface area (Å²) in [4.78, 5) is 23.2. The van der Waals surface area contributed by atoms with Crippen molar-refractivity contribution in [1.82, 2.24) is 5.32 Å². The van der Waals surface area contributed by atoms with Gasteiger partial charge in [0.1, 0.15) is 13.2 Å². The summed E-state index contributed by atoms with van der Waals surface area (Å²) >= 11 is 0.